The Morgan fingerprint density at radius 2 is 2.00 bits per heavy atom. The Morgan fingerprint density at radius 3 is 2.42 bits per heavy atom. The molecule has 19 heavy (non-hydrogen) atoms. The van der Waals surface area contributed by atoms with E-state index in [9.17, 15) is 13.2 Å². The lowest BCUT2D eigenvalue weighted by Gasteiger charge is -2.22. The molecule has 0 aromatic carbocycles. The zero-order valence-electron chi connectivity index (χ0n) is 11.5. The molecule has 1 heterocycles. The highest BCUT2D eigenvalue weighted by atomic mass is 32.2. The number of aromatic nitrogens is 1. The van der Waals surface area contributed by atoms with Crippen LogP contribution in [-0.2, 0) is 6.18 Å². The van der Waals surface area contributed by atoms with Crippen LogP contribution in [0.1, 0.15) is 43.6 Å². The first-order valence-corrected chi connectivity index (χ1v) is 7.84. The van der Waals surface area contributed by atoms with Gasteiger partial charge in [0.15, 0.2) is 5.01 Å². The van der Waals surface area contributed by atoms with Crippen molar-refractivity contribution in [2.45, 2.75) is 44.7 Å². The van der Waals surface area contributed by atoms with Gasteiger partial charge in [-0.3, -0.25) is 0 Å². The van der Waals surface area contributed by atoms with E-state index in [-0.39, 0.29) is 10.8 Å². The van der Waals surface area contributed by atoms with Crippen molar-refractivity contribution in [1.82, 2.24) is 10.3 Å². The average molecular weight is 312 g/mol. The van der Waals surface area contributed by atoms with Gasteiger partial charge in [0, 0.05) is 21.6 Å². The van der Waals surface area contributed by atoms with Crippen LogP contribution in [-0.4, -0.2) is 22.0 Å². The van der Waals surface area contributed by atoms with Crippen LogP contribution in [0.4, 0.5) is 13.2 Å². The van der Waals surface area contributed by atoms with Crippen LogP contribution in [0.25, 0.3) is 0 Å². The predicted octanol–water partition coefficient (Wildman–Crippen LogP) is 4.34. The zero-order chi connectivity index (χ0) is 14.7. The molecule has 0 radical (unpaired) electrons. The van der Waals surface area contributed by atoms with E-state index in [1.54, 1.807) is 11.8 Å². The van der Waals surface area contributed by atoms with Crippen molar-refractivity contribution >= 4 is 23.1 Å². The summed E-state index contributed by atoms with van der Waals surface area (Å²) in [5.74, 6) is 0.733. The molecule has 1 aromatic rings. The monoisotopic (exact) mass is 312 g/mol. The Labute approximate surface area is 120 Å². The van der Waals surface area contributed by atoms with Crippen molar-refractivity contribution in [3.8, 4) is 0 Å². The maximum Gasteiger partial charge on any atom is 0.443 e. The van der Waals surface area contributed by atoms with Crippen LogP contribution in [0.15, 0.2) is 6.20 Å². The minimum atomic E-state index is -4.35. The highest BCUT2D eigenvalue weighted by molar-refractivity contribution is 8.00. The summed E-state index contributed by atoms with van der Waals surface area (Å²) in [5.41, 5.74) is 0. The molecule has 0 saturated heterocycles. The fraction of sp³-hybridized carbons (Fsp3) is 0.750. The summed E-state index contributed by atoms with van der Waals surface area (Å²) in [7, 11) is 0. The summed E-state index contributed by atoms with van der Waals surface area (Å²) in [4.78, 5) is 4.12. The van der Waals surface area contributed by atoms with Gasteiger partial charge in [-0.2, -0.15) is 24.9 Å². The molecule has 1 atom stereocenters. The molecular formula is C12H19F3N2S2. The van der Waals surface area contributed by atoms with Gasteiger partial charge in [0.25, 0.3) is 0 Å². The van der Waals surface area contributed by atoms with Crippen molar-refractivity contribution in [1.29, 1.82) is 0 Å². The lowest BCUT2D eigenvalue weighted by Crippen LogP contribution is -2.24. The number of halogens is 3. The first-order chi connectivity index (χ1) is 8.63. The topological polar surface area (TPSA) is 24.9 Å². The number of nitrogens with zero attached hydrogens (tertiary/aromatic N) is 1. The summed E-state index contributed by atoms with van der Waals surface area (Å²) in [6, 6.07) is -0.0807. The smallest absolute Gasteiger partial charge is 0.309 e. The zero-order valence-corrected chi connectivity index (χ0v) is 13.1. The molecule has 0 amide bonds. The number of rotatable bonds is 5. The molecule has 0 fully saturated rings. The van der Waals surface area contributed by atoms with E-state index in [1.165, 1.54) is 6.20 Å². The van der Waals surface area contributed by atoms with Gasteiger partial charge in [0.05, 0.1) is 6.04 Å². The van der Waals surface area contributed by atoms with Gasteiger partial charge in [0.2, 0.25) is 0 Å². The number of thiazole rings is 1. The van der Waals surface area contributed by atoms with Crippen LogP contribution in [0.5, 0.6) is 0 Å². The third-order valence-corrected chi connectivity index (χ3v) is 4.76. The molecule has 110 valence electrons. The summed E-state index contributed by atoms with van der Waals surface area (Å²) >= 11 is 2.45. The van der Waals surface area contributed by atoms with Gasteiger partial charge in [-0.1, -0.05) is 27.7 Å². The second kappa shape index (κ2) is 6.45. The Morgan fingerprint density at radius 1 is 1.37 bits per heavy atom. The number of hydrogen-bond donors (Lipinski definition) is 1. The van der Waals surface area contributed by atoms with Crippen molar-refractivity contribution in [3.63, 3.8) is 0 Å². The summed E-state index contributed by atoms with van der Waals surface area (Å²) < 4.78 is 37.7. The largest absolute Gasteiger partial charge is 0.443 e. The van der Waals surface area contributed by atoms with Gasteiger partial charge in [0.1, 0.15) is 0 Å². The van der Waals surface area contributed by atoms with Crippen LogP contribution in [0.2, 0.25) is 0 Å². The molecule has 0 aliphatic carbocycles. The van der Waals surface area contributed by atoms with E-state index >= 15 is 0 Å². The molecule has 0 aliphatic rings. The molecule has 0 aliphatic heterocycles. The van der Waals surface area contributed by atoms with Crippen molar-refractivity contribution in [3.05, 3.63) is 16.1 Å². The third-order valence-electron chi connectivity index (χ3n) is 2.24. The first-order valence-electron chi connectivity index (χ1n) is 6.03. The maximum absolute atomic E-state index is 12.5. The van der Waals surface area contributed by atoms with E-state index in [0.29, 0.717) is 11.4 Å². The minimum Gasteiger partial charge on any atom is -0.309 e. The highest BCUT2D eigenvalue weighted by Crippen LogP contribution is 2.36. The van der Waals surface area contributed by atoms with E-state index in [0.717, 1.165) is 17.1 Å². The van der Waals surface area contributed by atoms with E-state index in [2.05, 4.69) is 31.1 Å². The van der Waals surface area contributed by atoms with E-state index < -0.39 is 11.2 Å². The quantitative estimate of drug-likeness (QED) is 0.875. The lowest BCUT2D eigenvalue weighted by atomic mass is 10.3. The molecule has 1 unspecified atom stereocenters. The van der Waals surface area contributed by atoms with Crippen LogP contribution < -0.4 is 5.32 Å². The molecular weight excluding hydrogens is 293 g/mol. The Kier molecular flexibility index (Phi) is 5.70. The van der Waals surface area contributed by atoms with Gasteiger partial charge in [-0.05, 0) is 6.54 Å². The minimum absolute atomic E-state index is 0.0807. The standard InChI is InChI=1S/C12H19F3N2S2/c1-5-16-8(7-18-11(2,3)4)9-6-17-10(19-9)12(13,14)15/h6,8,16H,5,7H2,1-4H3. The number of thioether (sulfide) groups is 1. The molecule has 0 spiro atoms. The predicted molar refractivity (Wildman–Crippen MR) is 75.7 cm³/mol. The highest BCUT2D eigenvalue weighted by Gasteiger charge is 2.35. The van der Waals surface area contributed by atoms with E-state index in [4.69, 9.17) is 0 Å². The summed E-state index contributed by atoms with van der Waals surface area (Å²) in [6.07, 6.45) is -3.01. The molecule has 7 heteroatoms. The van der Waals surface area contributed by atoms with Gasteiger partial charge in [-0.25, -0.2) is 4.98 Å². The van der Waals surface area contributed by atoms with Crippen molar-refractivity contribution < 1.29 is 13.2 Å². The molecule has 0 saturated carbocycles. The van der Waals surface area contributed by atoms with Gasteiger partial charge >= 0.3 is 6.18 Å². The lowest BCUT2D eigenvalue weighted by molar-refractivity contribution is -0.137. The summed E-state index contributed by atoms with van der Waals surface area (Å²) in [5, 5.41) is 2.45. The second-order valence-corrected chi connectivity index (χ2v) is 8.01. The van der Waals surface area contributed by atoms with E-state index in [1.807, 2.05) is 6.92 Å². The first kappa shape index (κ1) is 16.8. The fourth-order valence-corrected chi connectivity index (χ4v) is 3.33. The second-order valence-electron chi connectivity index (χ2n) is 5.10. The molecule has 0 bridgehead atoms. The van der Waals surface area contributed by atoms with Crippen LogP contribution in [0.3, 0.4) is 0 Å². The Balaban J connectivity index is 2.78. The molecule has 1 aromatic heterocycles. The number of nitrogens with one attached hydrogen (secondary N) is 1. The SMILES string of the molecule is CCNC(CSC(C)(C)C)c1cnc(C(F)(F)F)s1. The summed E-state index contributed by atoms with van der Waals surface area (Å²) in [6.45, 7) is 8.94. The fourth-order valence-electron chi connectivity index (χ4n) is 1.40. The maximum atomic E-state index is 12.5. The molecule has 1 N–H and O–H groups in total. The molecule has 2 nitrogen and oxygen atoms in total. The Bertz CT molecular complexity index is 396. The average Bonchev–Trinajstić information content (AvgIpc) is 2.71. The number of hydrogen-bond acceptors (Lipinski definition) is 4. The normalized spacial score (nSPS) is 14.7. The van der Waals surface area contributed by atoms with Crippen LogP contribution >= 0.6 is 23.1 Å². The van der Waals surface area contributed by atoms with Crippen LogP contribution in [0, 0.1) is 0 Å². The van der Waals surface area contributed by atoms with Crippen molar-refractivity contribution in [2.75, 3.05) is 12.3 Å². The molecule has 1 rings (SSSR count). The van der Waals surface area contributed by atoms with Gasteiger partial charge in [-0.15, -0.1) is 11.3 Å². The third kappa shape index (κ3) is 5.71. The Hall–Kier alpha value is -0.270. The van der Waals surface area contributed by atoms with Gasteiger partial charge < -0.3 is 5.32 Å². The van der Waals surface area contributed by atoms with Crippen molar-refractivity contribution in [2.24, 2.45) is 0 Å². The number of alkyl halides is 3.